The molecule has 44 valence electrons. The molecular weight excluding hydrogens is 107 g/mol. The van der Waals surface area contributed by atoms with E-state index in [4.69, 9.17) is 0 Å². The van der Waals surface area contributed by atoms with Gasteiger partial charge >= 0.3 is 0 Å². The van der Waals surface area contributed by atoms with Crippen molar-refractivity contribution in [3.8, 4) is 0 Å². The average molecular weight is 120 g/mol. The van der Waals surface area contributed by atoms with Gasteiger partial charge in [0, 0.05) is 5.16 Å². The van der Waals surface area contributed by atoms with E-state index in [1.54, 1.807) is 6.66 Å². The standard InChI is InChI=1S/C5H13OP/c1-5(2,3)7(4)6/h7H,1-4H3. The third-order valence-electron chi connectivity index (χ3n) is 1.06. The minimum Gasteiger partial charge on any atom is -0.327 e. The van der Waals surface area contributed by atoms with Crippen LogP contribution in [0, 0.1) is 0 Å². The molecule has 7 heavy (non-hydrogen) atoms. The zero-order valence-electron chi connectivity index (χ0n) is 5.41. The Hall–Kier alpha value is 0.230. The predicted octanol–water partition coefficient (Wildman–Crippen LogP) is 1.97. The second-order valence-corrected chi connectivity index (χ2v) is 5.42. The van der Waals surface area contributed by atoms with E-state index in [0.29, 0.717) is 0 Å². The normalized spacial score (nSPS) is 16.6. The highest BCUT2D eigenvalue weighted by molar-refractivity contribution is 7.45. The van der Waals surface area contributed by atoms with E-state index >= 15 is 0 Å². The molecule has 0 aliphatic rings. The first-order valence-corrected chi connectivity index (χ1v) is 4.36. The van der Waals surface area contributed by atoms with Gasteiger partial charge in [-0.25, -0.2) is 0 Å². The summed E-state index contributed by atoms with van der Waals surface area (Å²) in [5, 5.41) is 0.0463. The lowest BCUT2D eigenvalue weighted by molar-refractivity contribution is 0.569. The summed E-state index contributed by atoms with van der Waals surface area (Å²) in [7, 11) is -1.30. The minimum absolute atomic E-state index is 0.0463. The molecule has 0 aromatic heterocycles. The first-order chi connectivity index (χ1) is 2.94. The fraction of sp³-hybridized carbons (Fsp3) is 1.00. The van der Waals surface area contributed by atoms with E-state index in [-0.39, 0.29) is 5.16 Å². The minimum atomic E-state index is -1.30. The second kappa shape index (κ2) is 2.00. The van der Waals surface area contributed by atoms with Gasteiger partial charge in [0.15, 0.2) is 0 Å². The summed E-state index contributed by atoms with van der Waals surface area (Å²) in [4.78, 5) is 0. The maximum absolute atomic E-state index is 10.7. The van der Waals surface area contributed by atoms with Gasteiger partial charge in [-0.2, -0.15) is 0 Å². The summed E-state index contributed by atoms with van der Waals surface area (Å²) in [6.45, 7) is 7.78. The molecule has 2 heteroatoms. The molecule has 0 amide bonds. The van der Waals surface area contributed by atoms with Crippen molar-refractivity contribution in [3.05, 3.63) is 0 Å². The first-order valence-electron chi connectivity index (χ1n) is 2.45. The van der Waals surface area contributed by atoms with Crippen molar-refractivity contribution >= 4 is 7.80 Å². The third-order valence-corrected chi connectivity index (χ3v) is 3.17. The molecule has 0 rings (SSSR count). The van der Waals surface area contributed by atoms with Gasteiger partial charge in [-0.3, -0.25) is 0 Å². The van der Waals surface area contributed by atoms with Crippen LogP contribution in [-0.4, -0.2) is 11.8 Å². The van der Waals surface area contributed by atoms with Gasteiger partial charge in [-0.1, -0.05) is 20.8 Å². The van der Waals surface area contributed by atoms with Crippen LogP contribution in [0.5, 0.6) is 0 Å². The van der Waals surface area contributed by atoms with Crippen LogP contribution in [-0.2, 0) is 4.57 Å². The Bertz CT molecular complexity index is 80.6. The van der Waals surface area contributed by atoms with Gasteiger partial charge in [0.1, 0.15) is 0 Å². The quantitative estimate of drug-likeness (QED) is 0.447. The molecule has 0 aromatic carbocycles. The zero-order valence-corrected chi connectivity index (χ0v) is 6.41. The highest BCUT2D eigenvalue weighted by Gasteiger charge is 2.12. The highest BCUT2D eigenvalue weighted by Crippen LogP contribution is 2.33. The van der Waals surface area contributed by atoms with E-state index in [1.165, 1.54) is 0 Å². The summed E-state index contributed by atoms with van der Waals surface area (Å²) in [5.41, 5.74) is 0. The van der Waals surface area contributed by atoms with Crippen molar-refractivity contribution in [3.63, 3.8) is 0 Å². The second-order valence-electron chi connectivity index (χ2n) is 2.81. The molecule has 0 heterocycles. The molecule has 0 aliphatic carbocycles. The van der Waals surface area contributed by atoms with E-state index in [1.807, 2.05) is 20.8 Å². The maximum Gasteiger partial charge on any atom is 0.0783 e. The average Bonchev–Trinajstić information content (AvgIpc) is 1.31. The van der Waals surface area contributed by atoms with Crippen LogP contribution in [0.3, 0.4) is 0 Å². The van der Waals surface area contributed by atoms with Crippen molar-refractivity contribution in [2.24, 2.45) is 0 Å². The van der Waals surface area contributed by atoms with Crippen LogP contribution >= 0.6 is 7.80 Å². The topological polar surface area (TPSA) is 17.1 Å². The largest absolute Gasteiger partial charge is 0.327 e. The monoisotopic (exact) mass is 120 g/mol. The molecule has 0 radical (unpaired) electrons. The van der Waals surface area contributed by atoms with Crippen LogP contribution in [0.15, 0.2) is 0 Å². The molecule has 0 aromatic rings. The lowest BCUT2D eigenvalue weighted by Gasteiger charge is -2.12. The SMILES string of the molecule is C[PH](=O)C(C)(C)C. The third kappa shape index (κ3) is 2.87. The van der Waals surface area contributed by atoms with Crippen molar-refractivity contribution in [1.29, 1.82) is 0 Å². The van der Waals surface area contributed by atoms with Crippen molar-refractivity contribution < 1.29 is 4.57 Å². The van der Waals surface area contributed by atoms with E-state index in [9.17, 15) is 4.57 Å². The molecule has 1 unspecified atom stereocenters. The number of hydrogen-bond donors (Lipinski definition) is 0. The summed E-state index contributed by atoms with van der Waals surface area (Å²) in [6, 6.07) is 0. The summed E-state index contributed by atoms with van der Waals surface area (Å²) < 4.78 is 10.7. The lowest BCUT2D eigenvalue weighted by atomic mass is 10.3. The Morgan fingerprint density at radius 1 is 1.29 bits per heavy atom. The van der Waals surface area contributed by atoms with Gasteiger partial charge in [0.05, 0.1) is 7.80 Å². The Labute approximate surface area is 45.9 Å². The molecule has 0 aliphatic heterocycles. The van der Waals surface area contributed by atoms with Gasteiger partial charge in [0.25, 0.3) is 0 Å². The van der Waals surface area contributed by atoms with Crippen LogP contribution < -0.4 is 0 Å². The van der Waals surface area contributed by atoms with Gasteiger partial charge in [-0.05, 0) is 6.66 Å². The molecule has 0 bridgehead atoms. The fourth-order valence-corrected chi connectivity index (χ4v) is 0. The molecule has 1 atom stereocenters. The Balaban J connectivity index is 3.79. The molecular formula is C5H13OP. The molecule has 0 saturated carbocycles. The van der Waals surface area contributed by atoms with Crippen LogP contribution in [0.4, 0.5) is 0 Å². The van der Waals surface area contributed by atoms with Crippen molar-refractivity contribution in [2.75, 3.05) is 6.66 Å². The molecule has 0 N–H and O–H groups in total. The number of rotatable bonds is 0. The summed E-state index contributed by atoms with van der Waals surface area (Å²) >= 11 is 0. The summed E-state index contributed by atoms with van der Waals surface area (Å²) in [6.07, 6.45) is 0. The van der Waals surface area contributed by atoms with Crippen molar-refractivity contribution in [1.82, 2.24) is 0 Å². The highest BCUT2D eigenvalue weighted by atomic mass is 31.1. The van der Waals surface area contributed by atoms with Gasteiger partial charge in [0.2, 0.25) is 0 Å². The molecule has 1 nitrogen and oxygen atoms in total. The molecule has 0 spiro atoms. The van der Waals surface area contributed by atoms with E-state index in [2.05, 4.69) is 0 Å². The molecule has 0 fully saturated rings. The Kier molecular flexibility index (Phi) is 2.07. The Morgan fingerprint density at radius 2 is 1.43 bits per heavy atom. The van der Waals surface area contributed by atoms with Crippen LogP contribution in [0.2, 0.25) is 0 Å². The first kappa shape index (κ1) is 7.23. The summed E-state index contributed by atoms with van der Waals surface area (Å²) in [5.74, 6) is 0. The fourth-order valence-electron chi connectivity index (χ4n) is 0. The molecule has 0 saturated heterocycles. The van der Waals surface area contributed by atoms with Crippen molar-refractivity contribution in [2.45, 2.75) is 25.9 Å². The smallest absolute Gasteiger partial charge is 0.0783 e. The van der Waals surface area contributed by atoms with E-state index in [0.717, 1.165) is 0 Å². The maximum atomic E-state index is 10.7. The lowest BCUT2D eigenvalue weighted by Crippen LogP contribution is -2.05. The Morgan fingerprint density at radius 3 is 1.43 bits per heavy atom. The predicted molar refractivity (Wildman–Crippen MR) is 34.7 cm³/mol. The van der Waals surface area contributed by atoms with Crippen LogP contribution in [0.1, 0.15) is 20.8 Å². The van der Waals surface area contributed by atoms with E-state index < -0.39 is 7.80 Å². The zero-order chi connectivity index (χ0) is 6.08. The van der Waals surface area contributed by atoms with Crippen LogP contribution in [0.25, 0.3) is 0 Å². The number of hydrogen-bond acceptors (Lipinski definition) is 1. The van der Waals surface area contributed by atoms with Gasteiger partial charge < -0.3 is 4.57 Å². The van der Waals surface area contributed by atoms with Gasteiger partial charge in [-0.15, -0.1) is 0 Å².